The van der Waals surface area contributed by atoms with Crippen LogP contribution in [-0.4, -0.2) is 17.1 Å². The van der Waals surface area contributed by atoms with E-state index >= 15 is 0 Å². The van der Waals surface area contributed by atoms with Gasteiger partial charge in [-0.2, -0.15) is 0 Å². The summed E-state index contributed by atoms with van der Waals surface area (Å²) < 4.78 is 0. The van der Waals surface area contributed by atoms with Crippen LogP contribution < -0.4 is 5.32 Å². The van der Waals surface area contributed by atoms with E-state index in [2.05, 4.69) is 5.32 Å². The van der Waals surface area contributed by atoms with Gasteiger partial charge in [-0.1, -0.05) is 24.3 Å². The topological polar surface area (TPSA) is 49.3 Å². The van der Waals surface area contributed by atoms with Crippen molar-refractivity contribution in [3.63, 3.8) is 0 Å². The largest absolute Gasteiger partial charge is 0.507 e. The Kier molecular flexibility index (Phi) is 2.67. The highest BCUT2D eigenvalue weighted by atomic mass is 16.3. The molecule has 2 aromatic carbocycles. The molecular formula is C15H15NO2. The molecule has 3 rings (SSSR count). The predicted molar refractivity (Wildman–Crippen MR) is 70.7 cm³/mol. The lowest BCUT2D eigenvalue weighted by Crippen LogP contribution is -2.39. The minimum absolute atomic E-state index is 0.0468. The summed E-state index contributed by atoms with van der Waals surface area (Å²) in [6, 6.07) is 11.4. The number of carbonyl (C=O) groups excluding carboxylic acids is 1. The number of benzene rings is 2. The van der Waals surface area contributed by atoms with Gasteiger partial charge in [0.2, 0.25) is 0 Å². The van der Waals surface area contributed by atoms with Gasteiger partial charge in [0.1, 0.15) is 5.75 Å². The highest BCUT2D eigenvalue weighted by Crippen LogP contribution is 2.26. The van der Waals surface area contributed by atoms with Crippen LogP contribution in [0.4, 0.5) is 0 Å². The summed E-state index contributed by atoms with van der Waals surface area (Å²) in [6.07, 6.45) is 3.26. The fourth-order valence-corrected chi connectivity index (χ4v) is 2.23. The summed E-state index contributed by atoms with van der Waals surface area (Å²) in [5, 5.41) is 14.8. The summed E-state index contributed by atoms with van der Waals surface area (Å²) >= 11 is 0. The SMILES string of the molecule is O=C(NC1CCC1)c1cc2ccccc2cc1O. The highest BCUT2D eigenvalue weighted by molar-refractivity contribution is 6.01. The summed E-state index contributed by atoms with van der Waals surface area (Å²) in [5.41, 5.74) is 0.362. The van der Waals surface area contributed by atoms with E-state index in [9.17, 15) is 9.90 Å². The molecule has 3 heteroatoms. The first-order valence-electron chi connectivity index (χ1n) is 6.26. The van der Waals surface area contributed by atoms with E-state index in [1.165, 1.54) is 6.42 Å². The molecule has 1 amide bonds. The summed E-state index contributed by atoms with van der Waals surface area (Å²) in [5.74, 6) is -0.131. The van der Waals surface area contributed by atoms with Crippen LogP contribution >= 0.6 is 0 Å². The molecule has 0 saturated heterocycles. The average molecular weight is 241 g/mol. The summed E-state index contributed by atoms with van der Waals surface area (Å²) in [7, 11) is 0. The zero-order valence-corrected chi connectivity index (χ0v) is 10.0. The maximum atomic E-state index is 12.0. The molecule has 1 fully saturated rings. The first kappa shape index (κ1) is 11.1. The molecule has 0 bridgehead atoms. The smallest absolute Gasteiger partial charge is 0.255 e. The van der Waals surface area contributed by atoms with Crippen molar-refractivity contribution < 1.29 is 9.90 Å². The zero-order chi connectivity index (χ0) is 12.5. The van der Waals surface area contributed by atoms with Gasteiger partial charge in [0.25, 0.3) is 5.91 Å². The molecule has 0 aliphatic heterocycles. The molecule has 1 aliphatic carbocycles. The lowest BCUT2D eigenvalue weighted by atomic mass is 9.93. The van der Waals surface area contributed by atoms with Crippen molar-refractivity contribution >= 4 is 16.7 Å². The lowest BCUT2D eigenvalue weighted by Gasteiger charge is -2.26. The fraction of sp³-hybridized carbons (Fsp3) is 0.267. The van der Waals surface area contributed by atoms with Crippen LogP contribution in [0.5, 0.6) is 5.75 Å². The molecule has 0 atom stereocenters. The normalized spacial score (nSPS) is 15.3. The third-order valence-electron chi connectivity index (χ3n) is 3.55. The van der Waals surface area contributed by atoms with Crippen LogP contribution in [-0.2, 0) is 0 Å². The second-order valence-corrected chi connectivity index (χ2v) is 4.82. The number of hydrogen-bond acceptors (Lipinski definition) is 2. The molecule has 0 aromatic heterocycles. The minimum Gasteiger partial charge on any atom is -0.507 e. The molecule has 0 radical (unpaired) electrons. The third kappa shape index (κ3) is 1.92. The Morgan fingerprint density at radius 1 is 1.17 bits per heavy atom. The number of amides is 1. The number of carbonyl (C=O) groups is 1. The first-order valence-corrected chi connectivity index (χ1v) is 6.26. The minimum atomic E-state index is -0.178. The number of phenols is 1. The Bertz CT molecular complexity index is 602. The molecule has 1 saturated carbocycles. The van der Waals surface area contributed by atoms with Gasteiger partial charge in [0.05, 0.1) is 5.56 Å². The van der Waals surface area contributed by atoms with Gasteiger partial charge in [-0.3, -0.25) is 4.79 Å². The highest BCUT2D eigenvalue weighted by Gasteiger charge is 2.21. The van der Waals surface area contributed by atoms with Crippen LogP contribution in [0.2, 0.25) is 0 Å². The van der Waals surface area contributed by atoms with E-state index in [0.717, 1.165) is 23.6 Å². The quantitative estimate of drug-likeness (QED) is 0.849. The second kappa shape index (κ2) is 4.33. The maximum absolute atomic E-state index is 12.0. The van der Waals surface area contributed by atoms with Gasteiger partial charge >= 0.3 is 0 Å². The number of aromatic hydroxyl groups is 1. The molecule has 3 nitrogen and oxygen atoms in total. The van der Waals surface area contributed by atoms with E-state index < -0.39 is 0 Å². The van der Waals surface area contributed by atoms with Crippen molar-refractivity contribution in [3.05, 3.63) is 42.0 Å². The van der Waals surface area contributed by atoms with Crippen molar-refractivity contribution in [1.82, 2.24) is 5.32 Å². The van der Waals surface area contributed by atoms with E-state index in [4.69, 9.17) is 0 Å². The van der Waals surface area contributed by atoms with Gasteiger partial charge in [-0.25, -0.2) is 0 Å². The van der Waals surface area contributed by atoms with Gasteiger partial charge in [-0.15, -0.1) is 0 Å². The Balaban J connectivity index is 1.94. The number of phenolic OH excluding ortho intramolecular Hbond substituents is 1. The average Bonchev–Trinajstić information content (AvgIpc) is 2.32. The van der Waals surface area contributed by atoms with Crippen LogP contribution in [0.15, 0.2) is 36.4 Å². The van der Waals surface area contributed by atoms with E-state index in [1.54, 1.807) is 12.1 Å². The monoisotopic (exact) mass is 241 g/mol. The second-order valence-electron chi connectivity index (χ2n) is 4.82. The van der Waals surface area contributed by atoms with E-state index in [1.807, 2.05) is 24.3 Å². The Morgan fingerprint density at radius 3 is 2.44 bits per heavy atom. The number of fused-ring (bicyclic) bond motifs is 1. The van der Waals surface area contributed by atoms with Gasteiger partial charge < -0.3 is 10.4 Å². The molecule has 1 aliphatic rings. The third-order valence-corrected chi connectivity index (χ3v) is 3.55. The Labute approximate surface area is 105 Å². The van der Waals surface area contributed by atoms with Crippen molar-refractivity contribution in [2.75, 3.05) is 0 Å². The van der Waals surface area contributed by atoms with Gasteiger partial charge in [0.15, 0.2) is 0 Å². The van der Waals surface area contributed by atoms with Gasteiger partial charge in [-0.05, 0) is 42.2 Å². The van der Waals surface area contributed by atoms with E-state index in [-0.39, 0.29) is 17.7 Å². The summed E-state index contributed by atoms with van der Waals surface area (Å²) in [4.78, 5) is 12.0. The molecule has 92 valence electrons. The van der Waals surface area contributed by atoms with Crippen LogP contribution in [0.3, 0.4) is 0 Å². The van der Waals surface area contributed by atoms with Crippen LogP contribution in [0.1, 0.15) is 29.6 Å². The van der Waals surface area contributed by atoms with Crippen molar-refractivity contribution in [1.29, 1.82) is 0 Å². The maximum Gasteiger partial charge on any atom is 0.255 e. The zero-order valence-electron chi connectivity index (χ0n) is 10.0. The fourth-order valence-electron chi connectivity index (χ4n) is 2.23. The van der Waals surface area contributed by atoms with Crippen LogP contribution in [0, 0.1) is 0 Å². The standard InChI is InChI=1S/C15H15NO2/c17-14-9-11-5-2-1-4-10(11)8-13(14)15(18)16-12-6-3-7-12/h1-2,4-5,8-9,12,17H,3,6-7H2,(H,16,18). The van der Waals surface area contributed by atoms with Crippen LogP contribution in [0.25, 0.3) is 10.8 Å². The van der Waals surface area contributed by atoms with Crippen molar-refractivity contribution in [3.8, 4) is 5.75 Å². The Morgan fingerprint density at radius 2 is 1.83 bits per heavy atom. The Hall–Kier alpha value is -2.03. The lowest BCUT2D eigenvalue weighted by molar-refractivity contribution is 0.0914. The molecule has 2 N–H and O–H groups in total. The molecule has 18 heavy (non-hydrogen) atoms. The number of nitrogens with one attached hydrogen (secondary N) is 1. The molecular weight excluding hydrogens is 226 g/mol. The van der Waals surface area contributed by atoms with Gasteiger partial charge in [0, 0.05) is 6.04 Å². The molecule has 0 heterocycles. The first-order chi connectivity index (χ1) is 8.74. The summed E-state index contributed by atoms with van der Waals surface area (Å²) in [6.45, 7) is 0. The number of rotatable bonds is 2. The number of hydrogen-bond donors (Lipinski definition) is 2. The van der Waals surface area contributed by atoms with Crippen molar-refractivity contribution in [2.45, 2.75) is 25.3 Å². The molecule has 0 unspecified atom stereocenters. The molecule has 0 spiro atoms. The predicted octanol–water partition coefficient (Wildman–Crippen LogP) is 2.83. The molecule has 2 aromatic rings. The van der Waals surface area contributed by atoms with E-state index in [0.29, 0.717) is 5.56 Å². The van der Waals surface area contributed by atoms with Crippen molar-refractivity contribution in [2.24, 2.45) is 0 Å².